The Hall–Kier alpha value is -1.18. The third-order valence-corrected chi connectivity index (χ3v) is 12.5. The number of nitrogens with zero attached hydrogens (tertiary/aromatic N) is 2. The fourth-order valence-corrected chi connectivity index (χ4v) is 8.11. The van der Waals surface area contributed by atoms with Gasteiger partial charge in [-0.2, -0.15) is 0 Å². The zero-order valence-corrected chi connectivity index (χ0v) is 39.0. The largest absolute Gasteiger partial charge is 0.462 e. The van der Waals surface area contributed by atoms with Crippen molar-refractivity contribution in [1.82, 2.24) is 9.80 Å². The molecular weight excluding hydrogens is 707 g/mol. The Kier molecular flexibility index (Phi) is 38.0. The van der Waals surface area contributed by atoms with Crippen molar-refractivity contribution in [3.8, 4) is 0 Å². The summed E-state index contributed by atoms with van der Waals surface area (Å²) in [6, 6.07) is 0.388. The number of esters is 1. The Morgan fingerprint density at radius 1 is 0.596 bits per heavy atom. The van der Waals surface area contributed by atoms with E-state index in [0.29, 0.717) is 18.6 Å². The van der Waals surface area contributed by atoms with Gasteiger partial charge in [0.15, 0.2) is 6.29 Å². The smallest absolute Gasteiger partial charge is 0.306 e. The second-order valence-electron chi connectivity index (χ2n) is 18.0. The first-order valence-corrected chi connectivity index (χ1v) is 25.4. The molecular formula is C50H99N3O4. The molecule has 7 nitrogen and oxygen atoms in total. The van der Waals surface area contributed by atoms with Gasteiger partial charge in [-0.3, -0.25) is 10.2 Å². The number of nitrogens with one attached hydrogen (secondary N) is 1. The first kappa shape index (κ1) is 53.8. The summed E-state index contributed by atoms with van der Waals surface area (Å²) in [5.74, 6) is 0.0376. The van der Waals surface area contributed by atoms with Crippen molar-refractivity contribution in [1.29, 1.82) is 5.41 Å². The minimum atomic E-state index is 0.0376. The highest BCUT2D eigenvalue weighted by molar-refractivity contribution is 5.69. The predicted octanol–water partition coefficient (Wildman–Crippen LogP) is 14.6. The maximum atomic E-state index is 12.8. The molecule has 1 aliphatic rings. The summed E-state index contributed by atoms with van der Waals surface area (Å²) in [5.41, 5.74) is 0. The maximum absolute atomic E-state index is 12.8. The van der Waals surface area contributed by atoms with E-state index < -0.39 is 0 Å². The average Bonchev–Trinajstić information content (AvgIpc) is 3.97. The van der Waals surface area contributed by atoms with Gasteiger partial charge in [0.25, 0.3) is 0 Å². The molecule has 0 bridgehead atoms. The highest BCUT2D eigenvalue weighted by atomic mass is 16.8. The second kappa shape index (κ2) is 40.2. The number of rotatable bonds is 46. The molecule has 0 aromatic heterocycles. The van der Waals surface area contributed by atoms with Gasteiger partial charge < -0.3 is 24.0 Å². The summed E-state index contributed by atoms with van der Waals surface area (Å²) in [6.07, 6.45) is 45.2. The summed E-state index contributed by atoms with van der Waals surface area (Å²) >= 11 is 0. The van der Waals surface area contributed by atoms with Crippen molar-refractivity contribution in [2.75, 3.05) is 33.3 Å². The lowest BCUT2D eigenvalue weighted by Gasteiger charge is -2.27. The molecule has 0 spiro atoms. The van der Waals surface area contributed by atoms with Gasteiger partial charge in [-0.1, -0.05) is 175 Å². The predicted molar refractivity (Wildman–Crippen MR) is 246 cm³/mol. The molecule has 7 heteroatoms. The molecule has 0 aromatic rings. The molecule has 1 N–H and O–H groups in total. The fourth-order valence-electron chi connectivity index (χ4n) is 8.11. The molecule has 0 saturated carbocycles. The van der Waals surface area contributed by atoms with Crippen LogP contribution in [0.15, 0.2) is 0 Å². The normalized spacial score (nSPS) is 15.8. The lowest BCUT2D eigenvalue weighted by molar-refractivity contribution is -0.150. The zero-order chi connectivity index (χ0) is 41.4. The molecule has 3 atom stereocenters. The second-order valence-corrected chi connectivity index (χ2v) is 18.0. The Morgan fingerprint density at radius 2 is 1.05 bits per heavy atom. The van der Waals surface area contributed by atoms with Gasteiger partial charge in [-0.25, -0.2) is 0 Å². The van der Waals surface area contributed by atoms with Crippen molar-refractivity contribution >= 4 is 12.3 Å². The summed E-state index contributed by atoms with van der Waals surface area (Å²) in [6.45, 7) is 13.3. The standard InChI is InChI=1S/C50H99N3O4/c1-6-9-12-15-18-19-28-35-44-55-50-48(57-50)38-31-24-20-26-33-41-53(43-40-46(4)52(5)45-51)42-34-27-21-25-32-39-49(54)56-47(36-29-22-16-13-10-7-2)37-30-23-17-14-11-8-3/h45-48,50-51H,6-44H2,1-5H3/t46?,48-,50?/m0/s1. The number of epoxide rings is 1. The third-order valence-electron chi connectivity index (χ3n) is 12.5. The van der Waals surface area contributed by atoms with Crippen molar-refractivity contribution in [2.45, 2.75) is 277 Å². The van der Waals surface area contributed by atoms with Crippen LogP contribution in [0.3, 0.4) is 0 Å². The van der Waals surface area contributed by atoms with Crippen LogP contribution >= 0.6 is 0 Å². The quantitative estimate of drug-likeness (QED) is 0.0217. The van der Waals surface area contributed by atoms with Crippen LogP contribution in [0.1, 0.15) is 252 Å². The van der Waals surface area contributed by atoms with Crippen LogP contribution in [-0.4, -0.2) is 79.9 Å². The molecule has 1 heterocycles. The number of carbonyl (C=O) groups excluding carboxylic acids is 1. The zero-order valence-electron chi connectivity index (χ0n) is 39.0. The lowest BCUT2D eigenvalue weighted by atomic mass is 10.0. The highest BCUT2D eigenvalue weighted by Crippen LogP contribution is 2.29. The van der Waals surface area contributed by atoms with Crippen molar-refractivity contribution < 1.29 is 19.0 Å². The Morgan fingerprint density at radius 3 is 1.58 bits per heavy atom. The van der Waals surface area contributed by atoms with Crippen LogP contribution in [0.25, 0.3) is 0 Å². The molecule has 0 aliphatic carbocycles. The lowest BCUT2D eigenvalue weighted by Crippen LogP contribution is -2.34. The SMILES string of the molecule is CCCCCCCCCCOC1O[C@H]1CCCCCCCN(CCCCCCCC(=O)OC(CCCCCCCC)CCCCCCCC)CCC(C)N(C)C=N. The van der Waals surface area contributed by atoms with Crippen LogP contribution < -0.4 is 0 Å². The molecule has 338 valence electrons. The van der Waals surface area contributed by atoms with E-state index in [4.69, 9.17) is 19.6 Å². The number of carbonyl (C=O) groups is 1. The summed E-state index contributed by atoms with van der Waals surface area (Å²) in [7, 11) is 2.02. The molecule has 1 fully saturated rings. The van der Waals surface area contributed by atoms with Crippen molar-refractivity contribution in [3.63, 3.8) is 0 Å². The van der Waals surface area contributed by atoms with E-state index in [1.165, 1.54) is 193 Å². The van der Waals surface area contributed by atoms with Crippen molar-refractivity contribution in [2.24, 2.45) is 0 Å². The molecule has 2 unspecified atom stereocenters. The first-order chi connectivity index (χ1) is 27.9. The number of ether oxygens (including phenoxy) is 3. The Bertz CT molecular complexity index is 859. The summed E-state index contributed by atoms with van der Waals surface area (Å²) in [4.78, 5) is 17.5. The van der Waals surface area contributed by atoms with E-state index >= 15 is 0 Å². The van der Waals surface area contributed by atoms with Crippen molar-refractivity contribution in [3.05, 3.63) is 0 Å². The van der Waals surface area contributed by atoms with Gasteiger partial charge in [0.2, 0.25) is 0 Å². The fraction of sp³-hybridized carbons (Fsp3) is 0.960. The molecule has 1 aliphatic heterocycles. The molecule has 1 rings (SSSR count). The van der Waals surface area contributed by atoms with Crippen LogP contribution in [0, 0.1) is 5.41 Å². The Balaban J connectivity index is 2.22. The summed E-state index contributed by atoms with van der Waals surface area (Å²) in [5, 5.41) is 7.63. The van der Waals surface area contributed by atoms with E-state index in [0.717, 1.165) is 58.2 Å². The molecule has 1 saturated heterocycles. The number of hydrogen-bond acceptors (Lipinski definition) is 6. The van der Waals surface area contributed by atoms with E-state index in [2.05, 4.69) is 32.6 Å². The van der Waals surface area contributed by atoms with E-state index in [1.807, 2.05) is 11.9 Å². The van der Waals surface area contributed by atoms with Crippen LogP contribution in [0.5, 0.6) is 0 Å². The van der Waals surface area contributed by atoms with E-state index in [9.17, 15) is 4.79 Å². The average molecular weight is 806 g/mol. The van der Waals surface area contributed by atoms with Crippen LogP contribution in [0.4, 0.5) is 0 Å². The first-order valence-electron chi connectivity index (χ1n) is 25.4. The van der Waals surface area contributed by atoms with Crippen LogP contribution in [-0.2, 0) is 19.0 Å². The van der Waals surface area contributed by atoms with E-state index in [1.54, 1.807) is 0 Å². The molecule has 57 heavy (non-hydrogen) atoms. The molecule has 0 aromatic carbocycles. The monoisotopic (exact) mass is 806 g/mol. The summed E-state index contributed by atoms with van der Waals surface area (Å²) < 4.78 is 17.8. The van der Waals surface area contributed by atoms with Gasteiger partial charge in [-0.05, 0) is 84.2 Å². The van der Waals surface area contributed by atoms with Gasteiger partial charge in [0.05, 0.1) is 6.34 Å². The minimum Gasteiger partial charge on any atom is -0.462 e. The highest BCUT2D eigenvalue weighted by Gasteiger charge is 2.38. The molecule has 0 radical (unpaired) electrons. The van der Waals surface area contributed by atoms with E-state index in [-0.39, 0.29) is 18.4 Å². The minimum absolute atomic E-state index is 0.0376. The van der Waals surface area contributed by atoms with Gasteiger partial charge in [-0.15, -0.1) is 0 Å². The maximum Gasteiger partial charge on any atom is 0.306 e. The van der Waals surface area contributed by atoms with Crippen LogP contribution in [0.2, 0.25) is 0 Å². The van der Waals surface area contributed by atoms with Gasteiger partial charge in [0.1, 0.15) is 12.2 Å². The Labute approximate surface area is 355 Å². The number of hydrogen-bond donors (Lipinski definition) is 1. The third kappa shape index (κ3) is 34.3. The van der Waals surface area contributed by atoms with Gasteiger partial charge >= 0.3 is 5.97 Å². The topological polar surface area (TPSA) is 78.4 Å². The van der Waals surface area contributed by atoms with Gasteiger partial charge in [0, 0.05) is 32.7 Å². The number of unbranched alkanes of at least 4 members (excludes halogenated alkanes) is 25. The molecule has 0 amide bonds.